The van der Waals surface area contributed by atoms with E-state index in [0.717, 1.165) is 22.4 Å². The van der Waals surface area contributed by atoms with Crippen molar-refractivity contribution in [1.29, 1.82) is 0 Å². The Morgan fingerprint density at radius 3 is 3.19 bits per heavy atom. The first-order valence-corrected chi connectivity index (χ1v) is 6.05. The molecule has 0 spiro atoms. The molecule has 2 aromatic rings. The van der Waals surface area contributed by atoms with Crippen molar-refractivity contribution >= 4 is 11.8 Å². The summed E-state index contributed by atoms with van der Waals surface area (Å²) in [5.41, 5.74) is 4.42. The van der Waals surface area contributed by atoms with Gasteiger partial charge in [0.2, 0.25) is 5.16 Å². The van der Waals surface area contributed by atoms with E-state index in [-0.39, 0.29) is 6.04 Å². The number of aromatic nitrogens is 4. The molecular formula is C10H11N5S. The Hall–Kier alpha value is -1.56. The van der Waals surface area contributed by atoms with Crippen LogP contribution in [0.2, 0.25) is 0 Å². The number of fused-ring (bicyclic) bond motifs is 1. The summed E-state index contributed by atoms with van der Waals surface area (Å²) in [5.74, 6) is 1.80. The van der Waals surface area contributed by atoms with Crippen LogP contribution in [0.4, 0.5) is 0 Å². The molecule has 1 unspecified atom stereocenters. The Kier molecular flexibility index (Phi) is 2.28. The van der Waals surface area contributed by atoms with Crippen LogP contribution >= 0.6 is 11.8 Å². The normalized spacial score (nSPS) is 18.9. The molecule has 0 radical (unpaired) electrons. The summed E-state index contributed by atoms with van der Waals surface area (Å²) in [6, 6.07) is 6.18. The molecule has 0 aromatic carbocycles. The largest absolute Gasteiger partial charge is 0.312 e. The van der Waals surface area contributed by atoms with Crippen LogP contribution < -0.4 is 5.43 Å². The van der Waals surface area contributed by atoms with E-state index in [1.807, 2.05) is 36.0 Å². The molecule has 1 atom stereocenters. The molecule has 0 fully saturated rings. The zero-order chi connectivity index (χ0) is 11.0. The molecule has 82 valence electrons. The van der Waals surface area contributed by atoms with Gasteiger partial charge in [0, 0.05) is 11.9 Å². The minimum atomic E-state index is 0.216. The Balaban J connectivity index is 1.90. The lowest BCUT2D eigenvalue weighted by molar-refractivity contribution is 0.635. The van der Waals surface area contributed by atoms with Crippen LogP contribution in [-0.2, 0) is 0 Å². The lowest BCUT2D eigenvalue weighted by Crippen LogP contribution is -2.29. The van der Waals surface area contributed by atoms with Crippen molar-refractivity contribution < 1.29 is 0 Å². The van der Waals surface area contributed by atoms with Crippen molar-refractivity contribution in [3.63, 3.8) is 0 Å². The highest BCUT2D eigenvalue weighted by molar-refractivity contribution is 7.99. The van der Waals surface area contributed by atoms with E-state index in [2.05, 4.69) is 20.6 Å². The summed E-state index contributed by atoms with van der Waals surface area (Å²) in [5, 5.41) is 9.03. The summed E-state index contributed by atoms with van der Waals surface area (Å²) >= 11 is 1.70. The van der Waals surface area contributed by atoms with Gasteiger partial charge in [-0.1, -0.05) is 17.8 Å². The first-order chi connectivity index (χ1) is 7.84. The SMILES string of the molecule is Cc1nnc2n1NC(c1ccccn1)CS2. The number of hydrogen-bond donors (Lipinski definition) is 1. The summed E-state index contributed by atoms with van der Waals surface area (Å²) in [6.45, 7) is 1.94. The van der Waals surface area contributed by atoms with Gasteiger partial charge in [-0.15, -0.1) is 10.2 Å². The third kappa shape index (κ3) is 1.55. The molecular weight excluding hydrogens is 222 g/mol. The fourth-order valence-electron chi connectivity index (χ4n) is 1.67. The van der Waals surface area contributed by atoms with Gasteiger partial charge >= 0.3 is 0 Å². The fraction of sp³-hybridized carbons (Fsp3) is 0.300. The Morgan fingerprint density at radius 1 is 1.44 bits per heavy atom. The molecule has 3 rings (SSSR count). The number of thioether (sulfide) groups is 1. The number of aryl methyl sites for hydroxylation is 1. The number of nitrogens with one attached hydrogen (secondary N) is 1. The van der Waals surface area contributed by atoms with Gasteiger partial charge in [0.05, 0.1) is 11.7 Å². The maximum Gasteiger partial charge on any atom is 0.210 e. The van der Waals surface area contributed by atoms with Crippen molar-refractivity contribution in [2.75, 3.05) is 11.2 Å². The van der Waals surface area contributed by atoms with Crippen LogP contribution in [0.1, 0.15) is 17.6 Å². The van der Waals surface area contributed by atoms with Crippen LogP contribution in [0, 0.1) is 6.92 Å². The molecule has 2 aromatic heterocycles. The van der Waals surface area contributed by atoms with E-state index in [0.29, 0.717) is 0 Å². The number of pyridine rings is 1. The second-order valence-corrected chi connectivity index (χ2v) is 4.60. The quantitative estimate of drug-likeness (QED) is 0.806. The standard InChI is InChI=1S/C10H11N5S/c1-7-12-13-10-15(7)14-9(6-16-10)8-4-2-3-5-11-8/h2-5,9,14H,6H2,1H3. The molecule has 6 heteroatoms. The summed E-state index contributed by atoms with van der Waals surface area (Å²) in [4.78, 5) is 4.36. The number of rotatable bonds is 1. The average molecular weight is 233 g/mol. The molecule has 1 aliphatic rings. The molecule has 0 saturated heterocycles. The average Bonchev–Trinajstić information content (AvgIpc) is 2.72. The highest BCUT2D eigenvalue weighted by atomic mass is 32.2. The van der Waals surface area contributed by atoms with Crippen LogP contribution in [0.15, 0.2) is 29.6 Å². The van der Waals surface area contributed by atoms with Crippen molar-refractivity contribution in [1.82, 2.24) is 19.9 Å². The number of hydrogen-bond acceptors (Lipinski definition) is 5. The van der Waals surface area contributed by atoms with Crippen LogP contribution in [-0.4, -0.2) is 25.6 Å². The third-order valence-corrected chi connectivity index (χ3v) is 3.53. The minimum Gasteiger partial charge on any atom is -0.312 e. The zero-order valence-electron chi connectivity index (χ0n) is 8.79. The van der Waals surface area contributed by atoms with E-state index < -0.39 is 0 Å². The maximum atomic E-state index is 4.36. The molecule has 0 saturated carbocycles. The van der Waals surface area contributed by atoms with Crippen LogP contribution in [0.5, 0.6) is 0 Å². The summed E-state index contributed by atoms with van der Waals surface area (Å²) in [6.07, 6.45) is 1.82. The molecule has 5 nitrogen and oxygen atoms in total. The van der Waals surface area contributed by atoms with Crippen molar-refractivity contribution in [2.24, 2.45) is 0 Å². The minimum absolute atomic E-state index is 0.216. The Labute approximate surface area is 97.3 Å². The summed E-state index contributed by atoms with van der Waals surface area (Å²) in [7, 11) is 0. The van der Waals surface area contributed by atoms with Gasteiger partial charge in [-0.05, 0) is 19.1 Å². The molecule has 0 bridgehead atoms. The molecule has 0 aliphatic carbocycles. The Morgan fingerprint density at radius 2 is 2.38 bits per heavy atom. The van der Waals surface area contributed by atoms with Gasteiger partial charge in [-0.2, -0.15) is 0 Å². The smallest absolute Gasteiger partial charge is 0.210 e. The van der Waals surface area contributed by atoms with Gasteiger partial charge in [-0.3, -0.25) is 4.98 Å². The lowest BCUT2D eigenvalue weighted by atomic mass is 10.2. The second-order valence-electron chi connectivity index (χ2n) is 3.61. The predicted molar refractivity (Wildman–Crippen MR) is 61.8 cm³/mol. The Bertz CT molecular complexity index is 495. The first-order valence-electron chi connectivity index (χ1n) is 5.07. The third-order valence-electron chi connectivity index (χ3n) is 2.50. The molecule has 3 heterocycles. The zero-order valence-corrected chi connectivity index (χ0v) is 9.61. The highest BCUT2D eigenvalue weighted by Gasteiger charge is 2.23. The van der Waals surface area contributed by atoms with Gasteiger partial charge < -0.3 is 5.43 Å². The van der Waals surface area contributed by atoms with E-state index in [4.69, 9.17) is 0 Å². The van der Waals surface area contributed by atoms with E-state index in [9.17, 15) is 0 Å². The fourth-order valence-corrected chi connectivity index (χ4v) is 2.64. The first kappa shape index (κ1) is 9.65. The molecule has 16 heavy (non-hydrogen) atoms. The van der Waals surface area contributed by atoms with E-state index in [1.165, 1.54) is 0 Å². The summed E-state index contributed by atoms with van der Waals surface area (Å²) < 4.78 is 1.92. The molecule has 1 N–H and O–H groups in total. The lowest BCUT2D eigenvalue weighted by Gasteiger charge is -2.25. The topological polar surface area (TPSA) is 55.6 Å². The van der Waals surface area contributed by atoms with Gasteiger partial charge in [0.25, 0.3) is 0 Å². The van der Waals surface area contributed by atoms with Crippen molar-refractivity contribution in [2.45, 2.75) is 18.1 Å². The van der Waals surface area contributed by atoms with Crippen molar-refractivity contribution in [3.8, 4) is 0 Å². The maximum absolute atomic E-state index is 4.36. The van der Waals surface area contributed by atoms with Gasteiger partial charge in [0.15, 0.2) is 0 Å². The number of nitrogens with zero attached hydrogens (tertiary/aromatic N) is 4. The molecule has 0 amide bonds. The van der Waals surface area contributed by atoms with Gasteiger partial charge in [-0.25, -0.2) is 4.68 Å². The predicted octanol–water partition coefficient (Wildman–Crippen LogP) is 1.37. The molecule has 1 aliphatic heterocycles. The van der Waals surface area contributed by atoms with Crippen LogP contribution in [0.3, 0.4) is 0 Å². The van der Waals surface area contributed by atoms with Crippen LogP contribution in [0.25, 0.3) is 0 Å². The van der Waals surface area contributed by atoms with E-state index in [1.54, 1.807) is 11.8 Å². The van der Waals surface area contributed by atoms with Gasteiger partial charge in [0.1, 0.15) is 5.82 Å². The second kappa shape index (κ2) is 3.79. The van der Waals surface area contributed by atoms with Crippen molar-refractivity contribution in [3.05, 3.63) is 35.9 Å². The monoisotopic (exact) mass is 233 g/mol. The van der Waals surface area contributed by atoms with E-state index >= 15 is 0 Å². The highest BCUT2D eigenvalue weighted by Crippen LogP contribution is 2.28.